The first-order valence-corrected chi connectivity index (χ1v) is 14.2. The van der Waals surface area contributed by atoms with Crippen molar-refractivity contribution in [2.45, 2.75) is 128 Å². The number of amides is 1. The number of allylic oxidation sites excluding steroid dienone is 2. The summed E-state index contributed by atoms with van der Waals surface area (Å²) in [7, 11) is 0. The smallest absolute Gasteiger partial charge is 0.412 e. The van der Waals surface area contributed by atoms with Gasteiger partial charge in [0.25, 0.3) is 0 Å². The summed E-state index contributed by atoms with van der Waals surface area (Å²) in [5.74, 6) is -1.57. The number of carbonyl (C=O) groups is 1. The van der Waals surface area contributed by atoms with E-state index in [1.54, 1.807) is 0 Å². The maximum Gasteiger partial charge on any atom is 0.412 e. The standard InChI is InChI=1S/C28H46FN3O6/c1-3-4-5-6-7-8-9-10-11-12-13-14-15-16-17-18-19-37-28(36)31-25-22(29)20-32(27(35)30-25)26-24(34)23(33)21(2)38-26/h10-11,20-21,23-24,26,33-34H,3-9,12-19H2,1-2H3,(H,30,31,35,36)/t21-,23?,24?,26-/m1/s1. The van der Waals surface area contributed by atoms with Gasteiger partial charge >= 0.3 is 11.8 Å². The van der Waals surface area contributed by atoms with Crippen LogP contribution in [0.2, 0.25) is 0 Å². The van der Waals surface area contributed by atoms with E-state index in [2.05, 4.69) is 29.4 Å². The topological polar surface area (TPSA) is 123 Å². The number of hydrogen-bond donors (Lipinski definition) is 3. The molecule has 0 aliphatic carbocycles. The number of nitrogens with zero attached hydrogens (tertiary/aromatic N) is 2. The van der Waals surface area contributed by atoms with Crippen LogP contribution in [0.1, 0.15) is 110 Å². The molecule has 216 valence electrons. The summed E-state index contributed by atoms with van der Waals surface area (Å²) in [6.45, 7) is 3.95. The number of hydrogen-bond acceptors (Lipinski definition) is 7. The van der Waals surface area contributed by atoms with Crippen LogP contribution in [0.15, 0.2) is 23.1 Å². The van der Waals surface area contributed by atoms with Crippen molar-refractivity contribution in [3.8, 4) is 0 Å². The fraction of sp³-hybridized carbons (Fsp3) is 0.750. The van der Waals surface area contributed by atoms with Crippen LogP contribution in [-0.4, -0.2) is 50.8 Å². The molecule has 1 aromatic rings. The van der Waals surface area contributed by atoms with Crippen molar-refractivity contribution in [2.24, 2.45) is 0 Å². The number of anilines is 1. The molecule has 0 radical (unpaired) electrons. The number of nitrogens with one attached hydrogen (secondary N) is 1. The van der Waals surface area contributed by atoms with Gasteiger partial charge in [-0.3, -0.25) is 9.88 Å². The highest BCUT2D eigenvalue weighted by Crippen LogP contribution is 2.28. The third kappa shape index (κ3) is 11.2. The second kappa shape index (κ2) is 18.1. The average molecular weight is 540 g/mol. The predicted molar refractivity (Wildman–Crippen MR) is 144 cm³/mol. The lowest BCUT2D eigenvalue weighted by Gasteiger charge is -2.17. The zero-order valence-corrected chi connectivity index (χ0v) is 22.9. The van der Waals surface area contributed by atoms with E-state index in [9.17, 15) is 24.2 Å². The third-order valence-electron chi connectivity index (χ3n) is 6.77. The molecular formula is C28H46FN3O6. The van der Waals surface area contributed by atoms with Crippen molar-refractivity contribution < 1.29 is 28.9 Å². The lowest BCUT2D eigenvalue weighted by Crippen LogP contribution is -2.36. The van der Waals surface area contributed by atoms with Crippen LogP contribution in [-0.2, 0) is 9.47 Å². The van der Waals surface area contributed by atoms with Gasteiger partial charge in [0.2, 0.25) is 0 Å². The maximum atomic E-state index is 14.4. The molecule has 9 nitrogen and oxygen atoms in total. The molecule has 2 unspecified atom stereocenters. The van der Waals surface area contributed by atoms with E-state index in [0.29, 0.717) is 6.42 Å². The quantitative estimate of drug-likeness (QED) is 0.164. The van der Waals surface area contributed by atoms with Crippen LogP contribution in [0, 0.1) is 5.82 Å². The van der Waals surface area contributed by atoms with E-state index in [4.69, 9.17) is 9.47 Å². The Bertz CT molecular complexity index is 909. The summed E-state index contributed by atoms with van der Waals surface area (Å²) in [5.41, 5.74) is -0.944. The molecule has 0 spiro atoms. The Balaban J connectivity index is 1.52. The Hall–Kier alpha value is -2.30. The molecule has 38 heavy (non-hydrogen) atoms. The molecule has 2 rings (SSSR count). The fourth-order valence-electron chi connectivity index (χ4n) is 4.42. The van der Waals surface area contributed by atoms with Crippen molar-refractivity contribution in [3.05, 3.63) is 34.7 Å². The lowest BCUT2D eigenvalue weighted by molar-refractivity contribution is -0.0355. The van der Waals surface area contributed by atoms with E-state index < -0.39 is 48.0 Å². The van der Waals surface area contributed by atoms with Gasteiger partial charge in [-0.25, -0.2) is 14.0 Å². The Kier molecular flexibility index (Phi) is 15.2. The molecule has 3 N–H and O–H groups in total. The molecule has 1 aromatic heterocycles. The fourth-order valence-corrected chi connectivity index (χ4v) is 4.42. The molecule has 10 heteroatoms. The van der Waals surface area contributed by atoms with Crippen molar-refractivity contribution in [1.29, 1.82) is 0 Å². The average Bonchev–Trinajstić information content (AvgIpc) is 3.14. The van der Waals surface area contributed by atoms with Gasteiger partial charge in [-0.05, 0) is 39.0 Å². The number of unbranched alkanes of at least 4 members (excludes halogenated alkanes) is 12. The molecule has 1 aliphatic heterocycles. The third-order valence-corrected chi connectivity index (χ3v) is 6.77. The summed E-state index contributed by atoms with van der Waals surface area (Å²) >= 11 is 0. The van der Waals surface area contributed by atoms with Gasteiger partial charge in [0.1, 0.15) is 12.2 Å². The number of ether oxygens (including phenoxy) is 2. The SMILES string of the molecule is CCCCCCCCC=CCCCCCCCCOC(=O)Nc1nc(=O)n([C@@H]2O[C@H](C)C(O)C2O)cc1F. The monoisotopic (exact) mass is 539 g/mol. The summed E-state index contributed by atoms with van der Waals surface area (Å²) in [4.78, 5) is 27.7. The van der Waals surface area contributed by atoms with Gasteiger partial charge in [0.15, 0.2) is 17.9 Å². The highest BCUT2D eigenvalue weighted by molar-refractivity contribution is 5.83. The van der Waals surface area contributed by atoms with E-state index in [0.717, 1.165) is 36.4 Å². The van der Waals surface area contributed by atoms with E-state index in [1.165, 1.54) is 64.7 Å². The van der Waals surface area contributed by atoms with Gasteiger partial charge in [0.05, 0.1) is 18.9 Å². The van der Waals surface area contributed by atoms with E-state index >= 15 is 0 Å². The first-order valence-electron chi connectivity index (χ1n) is 14.2. The van der Waals surface area contributed by atoms with Crippen LogP contribution in [0.25, 0.3) is 0 Å². The zero-order chi connectivity index (χ0) is 27.8. The Morgan fingerprint density at radius 1 is 1.03 bits per heavy atom. The second-order valence-corrected chi connectivity index (χ2v) is 10.0. The van der Waals surface area contributed by atoms with E-state index in [1.807, 2.05) is 0 Å². The molecule has 0 aromatic carbocycles. The van der Waals surface area contributed by atoms with Crippen LogP contribution in [0.5, 0.6) is 0 Å². The van der Waals surface area contributed by atoms with Crippen molar-refractivity contribution in [2.75, 3.05) is 11.9 Å². The minimum absolute atomic E-state index is 0.184. The number of aliphatic hydroxyl groups is 2. The molecule has 1 fully saturated rings. The summed E-state index contributed by atoms with van der Waals surface area (Å²) in [6.07, 6.45) is 16.4. The number of rotatable bonds is 18. The molecule has 2 heterocycles. The van der Waals surface area contributed by atoms with E-state index in [-0.39, 0.29) is 6.61 Å². The van der Waals surface area contributed by atoms with Gasteiger partial charge < -0.3 is 19.7 Å². The van der Waals surface area contributed by atoms with Crippen LogP contribution in [0.3, 0.4) is 0 Å². The van der Waals surface area contributed by atoms with Gasteiger partial charge in [-0.15, -0.1) is 0 Å². The Morgan fingerprint density at radius 2 is 1.61 bits per heavy atom. The predicted octanol–water partition coefficient (Wildman–Crippen LogP) is 5.61. The zero-order valence-electron chi connectivity index (χ0n) is 22.9. The Morgan fingerprint density at radius 3 is 2.18 bits per heavy atom. The highest BCUT2D eigenvalue weighted by Gasteiger charge is 2.42. The van der Waals surface area contributed by atoms with Crippen molar-refractivity contribution >= 4 is 11.9 Å². The first-order chi connectivity index (χ1) is 18.3. The second-order valence-electron chi connectivity index (χ2n) is 10.0. The van der Waals surface area contributed by atoms with Crippen LogP contribution < -0.4 is 11.0 Å². The highest BCUT2D eigenvalue weighted by atomic mass is 19.1. The number of aliphatic hydroxyl groups excluding tert-OH is 2. The van der Waals surface area contributed by atoms with Crippen molar-refractivity contribution in [3.63, 3.8) is 0 Å². The molecular weight excluding hydrogens is 493 g/mol. The van der Waals surface area contributed by atoms with Crippen molar-refractivity contribution in [1.82, 2.24) is 9.55 Å². The first kappa shape index (κ1) is 31.9. The minimum Gasteiger partial charge on any atom is -0.449 e. The number of aromatic nitrogens is 2. The molecule has 1 aliphatic rings. The lowest BCUT2D eigenvalue weighted by atomic mass is 10.1. The number of halogens is 1. The molecule has 0 saturated carbocycles. The Labute approximate surface area is 225 Å². The van der Waals surface area contributed by atoms with Crippen LogP contribution >= 0.6 is 0 Å². The molecule has 4 atom stereocenters. The molecule has 1 amide bonds. The van der Waals surface area contributed by atoms with Crippen LogP contribution in [0.4, 0.5) is 15.0 Å². The minimum atomic E-state index is -1.41. The van der Waals surface area contributed by atoms with Gasteiger partial charge in [-0.1, -0.05) is 76.9 Å². The summed E-state index contributed by atoms with van der Waals surface area (Å²) < 4.78 is 25.5. The largest absolute Gasteiger partial charge is 0.449 e. The normalized spacial score (nSPS) is 21.3. The van der Waals surface area contributed by atoms with Gasteiger partial charge in [-0.2, -0.15) is 4.98 Å². The summed E-state index contributed by atoms with van der Waals surface area (Å²) in [6, 6.07) is 0. The number of carbonyl (C=O) groups excluding carboxylic acids is 1. The van der Waals surface area contributed by atoms with Gasteiger partial charge in [0, 0.05) is 0 Å². The molecule has 0 bridgehead atoms. The molecule has 1 saturated heterocycles. The summed E-state index contributed by atoms with van der Waals surface area (Å²) in [5, 5.41) is 21.9. The maximum absolute atomic E-state index is 14.4.